The zero-order valence-electron chi connectivity index (χ0n) is 38.0. The van der Waals surface area contributed by atoms with Gasteiger partial charge in [-0.25, -0.2) is 4.79 Å². The van der Waals surface area contributed by atoms with Gasteiger partial charge in [-0.2, -0.15) is 0 Å². The summed E-state index contributed by atoms with van der Waals surface area (Å²) < 4.78 is 49.0. The van der Waals surface area contributed by atoms with Crippen LogP contribution in [-0.4, -0.2) is 98.0 Å². The molecular weight excluding hydrogens is 769 g/mol. The van der Waals surface area contributed by atoms with Gasteiger partial charge in [-0.05, 0) is 112 Å². The molecule has 2 aliphatic carbocycles. The van der Waals surface area contributed by atoms with Crippen molar-refractivity contribution < 1.29 is 42.1 Å². The fourth-order valence-electron chi connectivity index (χ4n) is 11.1. The molecule has 2 saturated carbocycles. The number of esters is 1. The molecule has 57 heavy (non-hydrogen) atoms. The van der Waals surface area contributed by atoms with E-state index >= 15 is 0 Å². The lowest BCUT2D eigenvalue weighted by molar-refractivity contribution is -0.344. The van der Waals surface area contributed by atoms with Gasteiger partial charge in [0.15, 0.2) is 31.5 Å². The number of fused-ring (bicyclic) bond motifs is 5. The van der Waals surface area contributed by atoms with E-state index in [-0.39, 0.29) is 18.8 Å². The first-order valence-corrected chi connectivity index (χ1v) is 30.2. The van der Waals surface area contributed by atoms with Crippen LogP contribution in [0.15, 0.2) is 41.5 Å². The quantitative estimate of drug-likeness (QED) is 0.0933. The summed E-state index contributed by atoms with van der Waals surface area (Å²) in [5.41, 5.74) is 0.119. The van der Waals surface area contributed by atoms with Crippen LogP contribution in [0, 0.1) is 16.7 Å². The molecule has 4 fully saturated rings. The van der Waals surface area contributed by atoms with Crippen molar-refractivity contribution in [3.8, 4) is 0 Å². The van der Waals surface area contributed by atoms with Gasteiger partial charge in [-0.1, -0.05) is 80.5 Å². The average molecular weight is 847 g/mol. The molecule has 9 nitrogen and oxygen atoms in total. The average Bonchev–Trinajstić information content (AvgIpc) is 3.49. The van der Waals surface area contributed by atoms with E-state index in [1.54, 1.807) is 12.1 Å². The summed E-state index contributed by atoms with van der Waals surface area (Å²) >= 11 is 0. The summed E-state index contributed by atoms with van der Waals surface area (Å²) in [6.07, 6.45) is -0.885. The van der Waals surface area contributed by atoms with E-state index in [9.17, 15) is 9.90 Å². The van der Waals surface area contributed by atoms with Gasteiger partial charge < -0.3 is 37.3 Å². The van der Waals surface area contributed by atoms with Crippen LogP contribution in [-0.2, 0) is 32.2 Å². The highest BCUT2D eigenvalue weighted by molar-refractivity contribution is 6.74. The maximum absolute atomic E-state index is 14.3. The van der Waals surface area contributed by atoms with Crippen molar-refractivity contribution in [1.29, 1.82) is 0 Å². The van der Waals surface area contributed by atoms with Gasteiger partial charge in [0.1, 0.15) is 17.8 Å². The molecule has 2 heterocycles. The molecule has 1 N–H and O–H groups in total. The molecule has 1 aromatic carbocycles. The van der Waals surface area contributed by atoms with E-state index in [4.69, 9.17) is 32.2 Å². The molecule has 12 heteroatoms. The molecule has 2 saturated heterocycles. The lowest BCUT2D eigenvalue weighted by Gasteiger charge is -2.66. The Morgan fingerprint density at radius 2 is 1.51 bits per heavy atom. The van der Waals surface area contributed by atoms with Crippen LogP contribution in [0.2, 0.25) is 49.4 Å². The number of aliphatic hydroxyl groups is 1. The number of carbonyl (C=O) groups is 1. The Kier molecular flexibility index (Phi) is 14.8. The van der Waals surface area contributed by atoms with Crippen LogP contribution < -0.4 is 0 Å². The van der Waals surface area contributed by atoms with Crippen molar-refractivity contribution in [1.82, 2.24) is 0 Å². The van der Waals surface area contributed by atoms with Crippen molar-refractivity contribution >= 4 is 31.6 Å². The minimum absolute atomic E-state index is 0.165. The van der Waals surface area contributed by atoms with Crippen molar-refractivity contribution in [2.45, 2.75) is 200 Å². The number of hydrogen-bond donors (Lipinski definition) is 1. The Morgan fingerprint density at radius 3 is 2.04 bits per heavy atom. The second-order valence-corrected chi connectivity index (χ2v) is 31.1. The number of benzene rings is 1. The highest BCUT2D eigenvalue weighted by atomic mass is 28.4. The van der Waals surface area contributed by atoms with Gasteiger partial charge in [-0.3, -0.25) is 0 Å². The van der Waals surface area contributed by atoms with Crippen molar-refractivity contribution in [3.05, 3.63) is 47.0 Å². The number of carbonyl (C=O) groups excluding carboxylic acids is 1. The van der Waals surface area contributed by atoms with Crippen LogP contribution in [0.25, 0.3) is 0 Å². The van der Waals surface area contributed by atoms with Crippen molar-refractivity contribution in [3.63, 3.8) is 0 Å². The van der Waals surface area contributed by atoms with Crippen LogP contribution in [0.1, 0.15) is 113 Å². The summed E-state index contributed by atoms with van der Waals surface area (Å²) in [7, 11) is -5.57. The molecule has 4 aliphatic rings. The lowest BCUT2D eigenvalue weighted by atomic mass is 9.49. The molecule has 324 valence electrons. The highest BCUT2D eigenvalue weighted by Gasteiger charge is 2.74. The molecule has 2 aliphatic heterocycles. The standard InChI is InChI=1S/C45H78O9Si3/c1-15-56(16-2,17-3)53-33(26-27-49-55(13)14)31(7)37-38-40(52-43(10,11)51-38)44(12)35(54-57(18-4,19-5)20-6)28-36-45(47,30-48-36)39(44)34(29-42(37,8)9)50-41(46)32-24-22-21-23-25-32/h21-25,33-36,38-40,47,55H,15-20,26-30H2,1-14H3/b37-31-/t33?,34?,35?,36?,38?,39?,40?,44-,45?/m1/s1. The zero-order chi connectivity index (χ0) is 42.2. The third kappa shape index (κ3) is 9.07. The third-order valence-electron chi connectivity index (χ3n) is 14.9. The van der Waals surface area contributed by atoms with Crippen LogP contribution in [0.3, 0.4) is 0 Å². The molecule has 0 radical (unpaired) electrons. The fourth-order valence-corrected chi connectivity index (χ4v) is 17.6. The van der Waals surface area contributed by atoms with E-state index in [0.717, 1.165) is 53.8 Å². The van der Waals surface area contributed by atoms with Crippen molar-refractivity contribution in [2.24, 2.45) is 16.7 Å². The largest absolute Gasteiger partial charge is 0.458 e. The second-order valence-electron chi connectivity index (χ2n) is 19.3. The Balaban J connectivity index is 1.79. The maximum atomic E-state index is 14.3. The highest BCUT2D eigenvalue weighted by Crippen LogP contribution is 2.64. The molecule has 0 bridgehead atoms. The van der Waals surface area contributed by atoms with E-state index in [2.05, 4.69) is 82.3 Å². The van der Waals surface area contributed by atoms with E-state index in [0.29, 0.717) is 25.0 Å². The van der Waals surface area contributed by atoms with Gasteiger partial charge >= 0.3 is 5.97 Å². The van der Waals surface area contributed by atoms with Crippen LogP contribution in [0.5, 0.6) is 0 Å². The fraction of sp³-hybridized carbons (Fsp3) is 0.800. The number of rotatable bonds is 17. The number of ether oxygens (including phenoxy) is 4. The molecular formula is C45H78O9Si3. The van der Waals surface area contributed by atoms with E-state index in [1.165, 1.54) is 0 Å². The Hall–Kier alpha value is -1.20. The molecule has 9 atom stereocenters. The predicted octanol–water partition coefficient (Wildman–Crippen LogP) is 9.81. The molecule has 1 aromatic rings. The van der Waals surface area contributed by atoms with Crippen LogP contribution in [0.4, 0.5) is 0 Å². The minimum Gasteiger partial charge on any atom is -0.458 e. The summed E-state index contributed by atoms with van der Waals surface area (Å²) in [5, 5.41) is 13.0. The van der Waals surface area contributed by atoms with Gasteiger partial charge in [0.25, 0.3) is 0 Å². The van der Waals surface area contributed by atoms with Crippen molar-refractivity contribution in [2.75, 3.05) is 13.2 Å². The van der Waals surface area contributed by atoms with Gasteiger partial charge in [0, 0.05) is 24.4 Å². The summed E-state index contributed by atoms with van der Waals surface area (Å²) in [6, 6.07) is 15.3. The Labute approximate surface area is 349 Å². The first-order chi connectivity index (χ1) is 26.7. The molecule has 0 aromatic heterocycles. The smallest absolute Gasteiger partial charge is 0.338 e. The minimum atomic E-state index is -2.22. The van der Waals surface area contributed by atoms with Crippen LogP contribution >= 0.6 is 0 Å². The SMILES string of the molecule is CC[Si](CC)(CC)OC(CCO[SiH](C)C)/C(C)=C1/C2OC(C)(C)OC2[C@]2(C)C(O[Si](CC)(CC)CC)CC3OCC3(O)C2C(OC(=O)c2ccccc2)CC1(C)C. The summed E-state index contributed by atoms with van der Waals surface area (Å²) in [5.74, 6) is -1.89. The molecule has 5 rings (SSSR count). The molecule has 8 unspecified atom stereocenters. The summed E-state index contributed by atoms with van der Waals surface area (Å²) in [4.78, 5) is 14.3. The normalized spacial score (nSPS) is 33.6. The Morgan fingerprint density at radius 1 is 0.912 bits per heavy atom. The topological polar surface area (TPSA) is 102 Å². The monoisotopic (exact) mass is 846 g/mol. The predicted molar refractivity (Wildman–Crippen MR) is 235 cm³/mol. The Bertz CT molecular complexity index is 1530. The molecule has 0 spiro atoms. The first-order valence-electron chi connectivity index (χ1n) is 22.4. The van der Waals surface area contributed by atoms with E-state index < -0.39 is 84.2 Å². The second kappa shape index (κ2) is 18.0. The van der Waals surface area contributed by atoms with Gasteiger partial charge in [0.05, 0.1) is 36.6 Å². The third-order valence-corrected chi connectivity index (χ3v) is 25.1. The van der Waals surface area contributed by atoms with Gasteiger partial charge in [-0.15, -0.1) is 0 Å². The number of hydrogen-bond acceptors (Lipinski definition) is 9. The zero-order valence-corrected chi connectivity index (χ0v) is 41.2. The van der Waals surface area contributed by atoms with Gasteiger partial charge in [0.2, 0.25) is 0 Å². The lowest BCUT2D eigenvalue weighted by Crippen LogP contribution is -2.78. The summed E-state index contributed by atoms with van der Waals surface area (Å²) in [6.45, 7) is 31.9. The first kappa shape index (κ1) is 46.9. The molecule has 0 amide bonds. The van der Waals surface area contributed by atoms with E-state index in [1.807, 2.05) is 32.0 Å². The maximum Gasteiger partial charge on any atom is 0.338 e.